The first-order valence-corrected chi connectivity index (χ1v) is 6.69. The average molecular weight is 261 g/mol. The van der Waals surface area contributed by atoms with Crippen molar-refractivity contribution in [2.75, 3.05) is 13.6 Å². The van der Waals surface area contributed by atoms with Crippen LogP contribution in [0.1, 0.15) is 31.4 Å². The van der Waals surface area contributed by atoms with Crippen LogP contribution in [0.25, 0.3) is 6.08 Å². The van der Waals surface area contributed by atoms with Crippen LogP contribution in [0.2, 0.25) is 0 Å². The van der Waals surface area contributed by atoms with E-state index in [0.717, 1.165) is 18.7 Å². The van der Waals surface area contributed by atoms with Crippen LogP contribution >= 0.6 is 0 Å². The summed E-state index contributed by atoms with van der Waals surface area (Å²) < 4.78 is 0. The molecule has 0 spiro atoms. The van der Waals surface area contributed by atoms with Crippen molar-refractivity contribution in [3.05, 3.63) is 41.5 Å². The molecule has 1 atom stereocenters. The van der Waals surface area contributed by atoms with Gasteiger partial charge in [-0.05, 0) is 30.2 Å². The van der Waals surface area contributed by atoms with Crippen LogP contribution in [-0.2, 0) is 11.3 Å². The summed E-state index contributed by atoms with van der Waals surface area (Å²) in [5.41, 5.74) is 2.13. The molecule has 0 aliphatic heterocycles. The third kappa shape index (κ3) is 6.20. The minimum absolute atomic E-state index is 0.695. The Labute approximate surface area is 115 Å². The van der Waals surface area contributed by atoms with E-state index in [1.807, 2.05) is 18.2 Å². The second-order valence-electron chi connectivity index (χ2n) is 5.13. The molecule has 0 saturated heterocycles. The second-order valence-corrected chi connectivity index (χ2v) is 5.13. The normalized spacial score (nSPS) is 13.1. The molecule has 0 aliphatic carbocycles. The standard InChI is InChI=1S/C16H23NO2/c1-4-13(2)11-17(3)12-15-7-5-6-14(10-15)8-9-16(18)19/h5-10,13H,4,11-12H2,1-3H3,(H,18,19). The van der Waals surface area contributed by atoms with Crippen LogP contribution in [0.15, 0.2) is 30.3 Å². The number of hydrogen-bond acceptors (Lipinski definition) is 2. The number of rotatable bonds is 7. The van der Waals surface area contributed by atoms with Gasteiger partial charge in [-0.2, -0.15) is 0 Å². The number of aliphatic carboxylic acids is 1. The monoisotopic (exact) mass is 261 g/mol. The zero-order valence-electron chi connectivity index (χ0n) is 12.0. The molecule has 0 radical (unpaired) electrons. The third-order valence-electron chi connectivity index (χ3n) is 3.14. The van der Waals surface area contributed by atoms with Crippen LogP contribution in [0, 0.1) is 5.92 Å². The van der Waals surface area contributed by atoms with E-state index in [4.69, 9.17) is 5.11 Å². The van der Waals surface area contributed by atoms with Gasteiger partial charge in [-0.1, -0.05) is 44.5 Å². The summed E-state index contributed by atoms with van der Waals surface area (Å²) in [4.78, 5) is 12.8. The summed E-state index contributed by atoms with van der Waals surface area (Å²) in [6.07, 6.45) is 3.98. The quantitative estimate of drug-likeness (QED) is 0.766. The highest BCUT2D eigenvalue weighted by Crippen LogP contribution is 2.11. The van der Waals surface area contributed by atoms with Crippen LogP contribution in [0.4, 0.5) is 0 Å². The summed E-state index contributed by atoms with van der Waals surface area (Å²) in [5, 5.41) is 8.62. The first-order chi connectivity index (χ1) is 9.01. The first-order valence-electron chi connectivity index (χ1n) is 6.69. The van der Waals surface area contributed by atoms with E-state index in [-0.39, 0.29) is 0 Å². The van der Waals surface area contributed by atoms with Gasteiger partial charge in [0.2, 0.25) is 0 Å². The van der Waals surface area contributed by atoms with Gasteiger partial charge in [-0.3, -0.25) is 0 Å². The molecule has 104 valence electrons. The van der Waals surface area contributed by atoms with Crippen molar-refractivity contribution in [3.8, 4) is 0 Å². The molecule has 3 heteroatoms. The molecular formula is C16H23NO2. The number of benzene rings is 1. The summed E-state index contributed by atoms with van der Waals surface area (Å²) in [6.45, 7) is 6.42. The predicted molar refractivity (Wildman–Crippen MR) is 78.9 cm³/mol. The van der Waals surface area contributed by atoms with Crippen molar-refractivity contribution >= 4 is 12.0 Å². The molecule has 0 aromatic heterocycles. The van der Waals surface area contributed by atoms with E-state index in [1.165, 1.54) is 18.1 Å². The first kappa shape index (κ1) is 15.4. The van der Waals surface area contributed by atoms with Gasteiger partial charge in [-0.25, -0.2) is 4.79 Å². The van der Waals surface area contributed by atoms with Gasteiger partial charge in [0.1, 0.15) is 0 Å². The predicted octanol–water partition coefficient (Wildman–Crippen LogP) is 3.26. The molecule has 0 heterocycles. The van der Waals surface area contributed by atoms with E-state index in [1.54, 1.807) is 6.08 Å². The van der Waals surface area contributed by atoms with Crippen LogP contribution in [-0.4, -0.2) is 29.6 Å². The number of carboxylic acid groups (broad SMARTS) is 1. The van der Waals surface area contributed by atoms with Crippen LogP contribution < -0.4 is 0 Å². The maximum atomic E-state index is 10.5. The fourth-order valence-electron chi connectivity index (χ4n) is 2.00. The number of carboxylic acids is 1. The molecule has 0 fully saturated rings. The van der Waals surface area contributed by atoms with Gasteiger partial charge in [0.25, 0.3) is 0 Å². The number of hydrogen-bond donors (Lipinski definition) is 1. The molecule has 1 N–H and O–H groups in total. The lowest BCUT2D eigenvalue weighted by Crippen LogP contribution is -2.23. The zero-order chi connectivity index (χ0) is 14.3. The summed E-state index contributed by atoms with van der Waals surface area (Å²) in [7, 11) is 2.12. The van der Waals surface area contributed by atoms with Crippen LogP contribution in [0.5, 0.6) is 0 Å². The lowest BCUT2D eigenvalue weighted by Gasteiger charge is -2.20. The minimum Gasteiger partial charge on any atom is -0.478 e. The summed E-state index contributed by atoms with van der Waals surface area (Å²) in [5.74, 6) is -0.223. The van der Waals surface area contributed by atoms with Crippen molar-refractivity contribution in [3.63, 3.8) is 0 Å². The topological polar surface area (TPSA) is 40.5 Å². The Kier molecular flexibility index (Phi) is 6.30. The van der Waals surface area contributed by atoms with Crippen LogP contribution in [0.3, 0.4) is 0 Å². The molecule has 1 aromatic rings. The second kappa shape index (κ2) is 7.74. The van der Waals surface area contributed by atoms with Gasteiger partial charge in [-0.15, -0.1) is 0 Å². The van der Waals surface area contributed by atoms with E-state index >= 15 is 0 Å². The highest BCUT2D eigenvalue weighted by Gasteiger charge is 2.05. The van der Waals surface area contributed by atoms with Crippen molar-refractivity contribution in [2.24, 2.45) is 5.92 Å². The molecule has 0 aliphatic rings. The third-order valence-corrected chi connectivity index (χ3v) is 3.14. The van der Waals surface area contributed by atoms with E-state index in [9.17, 15) is 4.79 Å². The highest BCUT2D eigenvalue weighted by molar-refractivity contribution is 5.85. The molecule has 0 bridgehead atoms. The zero-order valence-corrected chi connectivity index (χ0v) is 12.0. The molecule has 0 saturated carbocycles. The Morgan fingerprint density at radius 1 is 1.47 bits per heavy atom. The van der Waals surface area contributed by atoms with E-state index in [2.05, 4.69) is 31.9 Å². The Morgan fingerprint density at radius 3 is 2.84 bits per heavy atom. The Bertz CT molecular complexity index is 440. The molecule has 19 heavy (non-hydrogen) atoms. The average Bonchev–Trinajstić information content (AvgIpc) is 2.36. The minimum atomic E-state index is -0.917. The van der Waals surface area contributed by atoms with E-state index < -0.39 is 5.97 Å². The maximum absolute atomic E-state index is 10.5. The van der Waals surface area contributed by atoms with E-state index in [0.29, 0.717) is 5.92 Å². The number of nitrogens with zero attached hydrogens (tertiary/aromatic N) is 1. The molecular weight excluding hydrogens is 238 g/mol. The Balaban J connectivity index is 2.64. The summed E-state index contributed by atoms with van der Waals surface area (Å²) >= 11 is 0. The molecule has 1 unspecified atom stereocenters. The molecule has 0 amide bonds. The van der Waals surface area contributed by atoms with Crippen molar-refractivity contribution in [1.82, 2.24) is 4.90 Å². The van der Waals surface area contributed by atoms with Gasteiger partial charge in [0.05, 0.1) is 0 Å². The van der Waals surface area contributed by atoms with Crippen molar-refractivity contribution in [2.45, 2.75) is 26.8 Å². The summed E-state index contributed by atoms with van der Waals surface area (Å²) in [6, 6.07) is 7.99. The molecule has 1 aromatic carbocycles. The maximum Gasteiger partial charge on any atom is 0.328 e. The van der Waals surface area contributed by atoms with Gasteiger partial charge in [0, 0.05) is 19.2 Å². The highest BCUT2D eigenvalue weighted by atomic mass is 16.4. The molecule has 1 rings (SSSR count). The fraction of sp³-hybridized carbons (Fsp3) is 0.438. The van der Waals surface area contributed by atoms with Gasteiger partial charge >= 0.3 is 5.97 Å². The Hall–Kier alpha value is -1.61. The smallest absolute Gasteiger partial charge is 0.328 e. The largest absolute Gasteiger partial charge is 0.478 e. The molecule has 3 nitrogen and oxygen atoms in total. The van der Waals surface area contributed by atoms with Gasteiger partial charge in [0.15, 0.2) is 0 Å². The lowest BCUT2D eigenvalue weighted by atomic mass is 10.1. The van der Waals surface area contributed by atoms with Crippen molar-refractivity contribution in [1.29, 1.82) is 0 Å². The fourth-order valence-corrected chi connectivity index (χ4v) is 2.00. The SMILES string of the molecule is CCC(C)CN(C)Cc1cccc(C=CC(=O)O)c1. The Morgan fingerprint density at radius 2 is 2.21 bits per heavy atom. The lowest BCUT2D eigenvalue weighted by molar-refractivity contribution is -0.131. The van der Waals surface area contributed by atoms with Gasteiger partial charge < -0.3 is 10.0 Å². The number of carbonyl (C=O) groups is 1. The van der Waals surface area contributed by atoms with Crippen molar-refractivity contribution < 1.29 is 9.90 Å².